The topological polar surface area (TPSA) is 47.8 Å². The van der Waals surface area contributed by atoms with Crippen LogP contribution in [0.5, 0.6) is 0 Å². The van der Waals surface area contributed by atoms with Crippen molar-refractivity contribution in [2.75, 3.05) is 0 Å². The van der Waals surface area contributed by atoms with Gasteiger partial charge in [0.05, 0.1) is 10.7 Å². The number of hydrogen-bond acceptors (Lipinski definition) is 3. The smallest absolute Gasteiger partial charge is 0.156 e. The van der Waals surface area contributed by atoms with E-state index in [1.54, 1.807) is 16.9 Å². The number of aryl methyl sites for hydroxylation is 1. The molecule has 0 spiro atoms. The summed E-state index contributed by atoms with van der Waals surface area (Å²) in [7, 11) is 0. The molecule has 4 nitrogen and oxygen atoms in total. The number of pyridine rings is 1. The van der Waals surface area contributed by atoms with Crippen LogP contribution in [0.3, 0.4) is 0 Å². The second-order valence-electron chi connectivity index (χ2n) is 3.13. The summed E-state index contributed by atoms with van der Waals surface area (Å²) in [6, 6.07) is 1.78. The molecule has 0 aromatic carbocycles. The van der Waals surface area contributed by atoms with Crippen LogP contribution in [-0.4, -0.2) is 21.1 Å². The number of carbonyl (C=O) groups excluding carboxylic acids is 1. The number of carbonyl (C=O) groups is 1. The van der Waals surface area contributed by atoms with E-state index in [1.165, 1.54) is 6.20 Å². The minimum Gasteiger partial charge on any atom is -0.298 e. The average Bonchev–Trinajstić information content (AvgIpc) is 2.64. The molecule has 0 N–H and O–H groups in total. The third-order valence-electron chi connectivity index (χ3n) is 1.98. The van der Waals surface area contributed by atoms with Crippen molar-refractivity contribution in [3.8, 4) is 5.82 Å². The van der Waals surface area contributed by atoms with Crippen LogP contribution >= 0.6 is 15.9 Å². The van der Waals surface area contributed by atoms with Crippen molar-refractivity contribution in [3.63, 3.8) is 0 Å². The number of aromatic nitrogens is 3. The molecule has 5 heteroatoms. The van der Waals surface area contributed by atoms with Gasteiger partial charge in [-0.3, -0.25) is 4.79 Å². The molecule has 2 aromatic rings. The Kier molecular flexibility index (Phi) is 2.64. The normalized spacial score (nSPS) is 10.3. The third kappa shape index (κ3) is 1.97. The third-order valence-corrected chi connectivity index (χ3v) is 2.39. The maximum Gasteiger partial charge on any atom is 0.156 e. The molecule has 2 aromatic heterocycles. The molecule has 15 heavy (non-hydrogen) atoms. The molecule has 0 radical (unpaired) electrons. The van der Waals surface area contributed by atoms with Crippen molar-refractivity contribution < 1.29 is 4.79 Å². The van der Waals surface area contributed by atoms with Crippen LogP contribution in [0.25, 0.3) is 5.82 Å². The molecule has 0 saturated heterocycles. The second-order valence-corrected chi connectivity index (χ2v) is 4.05. The van der Waals surface area contributed by atoms with Crippen molar-refractivity contribution in [1.82, 2.24) is 14.8 Å². The van der Waals surface area contributed by atoms with Gasteiger partial charge in [-0.25, -0.2) is 9.67 Å². The van der Waals surface area contributed by atoms with E-state index in [1.807, 2.05) is 13.1 Å². The SMILES string of the molecule is Cc1cc(C=O)cnc1-n1cc(Br)cn1. The Morgan fingerprint density at radius 3 is 2.80 bits per heavy atom. The first kappa shape index (κ1) is 10.0. The Bertz CT molecular complexity index is 507. The molecule has 0 saturated carbocycles. The van der Waals surface area contributed by atoms with Crippen LogP contribution in [-0.2, 0) is 0 Å². The fourth-order valence-electron chi connectivity index (χ4n) is 1.31. The first-order valence-corrected chi connectivity index (χ1v) is 5.12. The fraction of sp³-hybridized carbons (Fsp3) is 0.100. The predicted molar refractivity (Wildman–Crippen MR) is 59.2 cm³/mol. The van der Waals surface area contributed by atoms with Gasteiger partial charge in [0.1, 0.15) is 0 Å². The first-order chi connectivity index (χ1) is 7.20. The number of nitrogens with zero attached hydrogens (tertiary/aromatic N) is 3. The average molecular weight is 266 g/mol. The van der Waals surface area contributed by atoms with Gasteiger partial charge >= 0.3 is 0 Å². The second kappa shape index (κ2) is 3.94. The highest BCUT2D eigenvalue weighted by Crippen LogP contribution is 2.14. The van der Waals surface area contributed by atoms with Crippen LogP contribution < -0.4 is 0 Å². The fourth-order valence-corrected chi connectivity index (χ4v) is 1.60. The maximum atomic E-state index is 10.5. The molecule has 0 atom stereocenters. The van der Waals surface area contributed by atoms with E-state index in [9.17, 15) is 4.79 Å². The van der Waals surface area contributed by atoms with Crippen LogP contribution in [0.2, 0.25) is 0 Å². The number of halogens is 1. The van der Waals surface area contributed by atoms with Gasteiger partial charge in [0, 0.05) is 18.0 Å². The highest BCUT2D eigenvalue weighted by atomic mass is 79.9. The number of aldehydes is 1. The van der Waals surface area contributed by atoms with E-state index in [0.717, 1.165) is 22.1 Å². The zero-order valence-corrected chi connectivity index (χ0v) is 9.60. The monoisotopic (exact) mass is 265 g/mol. The molecular weight excluding hydrogens is 258 g/mol. The zero-order valence-electron chi connectivity index (χ0n) is 8.01. The Balaban J connectivity index is 2.49. The molecular formula is C10H8BrN3O. The van der Waals surface area contributed by atoms with Crippen molar-refractivity contribution in [2.24, 2.45) is 0 Å². The van der Waals surface area contributed by atoms with Crippen LogP contribution in [0, 0.1) is 6.92 Å². The van der Waals surface area contributed by atoms with Crippen molar-refractivity contribution in [3.05, 3.63) is 40.3 Å². The van der Waals surface area contributed by atoms with Gasteiger partial charge in [0.15, 0.2) is 12.1 Å². The lowest BCUT2D eigenvalue weighted by Gasteiger charge is -2.04. The molecule has 0 unspecified atom stereocenters. The minimum atomic E-state index is 0.572. The lowest BCUT2D eigenvalue weighted by atomic mass is 10.2. The molecule has 0 amide bonds. The van der Waals surface area contributed by atoms with E-state index < -0.39 is 0 Å². The molecule has 0 aliphatic carbocycles. The maximum absolute atomic E-state index is 10.5. The summed E-state index contributed by atoms with van der Waals surface area (Å²) in [4.78, 5) is 14.7. The molecule has 0 fully saturated rings. The Morgan fingerprint density at radius 1 is 1.47 bits per heavy atom. The van der Waals surface area contributed by atoms with E-state index in [-0.39, 0.29) is 0 Å². The van der Waals surface area contributed by atoms with Crippen molar-refractivity contribution in [2.45, 2.75) is 6.92 Å². The summed E-state index contributed by atoms with van der Waals surface area (Å²) in [5.41, 5.74) is 1.48. The van der Waals surface area contributed by atoms with Crippen LogP contribution in [0.4, 0.5) is 0 Å². The van der Waals surface area contributed by atoms with Crippen molar-refractivity contribution >= 4 is 22.2 Å². The Morgan fingerprint density at radius 2 is 2.27 bits per heavy atom. The zero-order chi connectivity index (χ0) is 10.8. The number of hydrogen-bond donors (Lipinski definition) is 0. The van der Waals surface area contributed by atoms with Gasteiger partial charge in [-0.1, -0.05) is 0 Å². The molecule has 0 bridgehead atoms. The molecule has 2 rings (SSSR count). The van der Waals surface area contributed by atoms with Gasteiger partial charge in [-0.2, -0.15) is 5.10 Å². The highest BCUT2D eigenvalue weighted by Gasteiger charge is 2.04. The molecule has 0 aliphatic heterocycles. The van der Waals surface area contributed by atoms with Crippen LogP contribution in [0.15, 0.2) is 29.1 Å². The van der Waals surface area contributed by atoms with Gasteiger partial charge < -0.3 is 0 Å². The van der Waals surface area contributed by atoms with E-state index in [2.05, 4.69) is 26.0 Å². The molecule has 76 valence electrons. The van der Waals surface area contributed by atoms with E-state index >= 15 is 0 Å². The number of rotatable bonds is 2. The summed E-state index contributed by atoms with van der Waals surface area (Å²) in [6.07, 6.45) is 5.82. The van der Waals surface area contributed by atoms with Gasteiger partial charge in [-0.15, -0.1) is 0 Å². The standard InChI is InChI=1S/C10H8BrN3O/c1-7-2-8(6-15)3-12-10(7)14-5-9(11)4-13-14/h2-6H,1H3. The quantitative estimate of drug-likeness (QED) is 0.782. The Hall–Kier alpha value is -1.49. The summed E-state index contributed by atoms with van der Waals surface area (Å²) in [5, 5.41) is 4.12. The van der Waals surface area contributed by atoms with Gasteiger partial charge in [-0.05, 0) is 34.5 Å². The first-order valence-electron chi connectivity index (χ1n) is 4.33. The molecule has 0 aliphatic rings. The van der Waals surface area contributed by atoms with Crippen LogP contribution in [0.1, 0.15) is 15.9 Å². The predicted octanol–water partition coefficient (Wildman–Crippen LogP) is 2.15. The lowest BCUT2D eigenvalue weighted by molar-refractivity contribution is 0.112. The van der Waals surface area contributed by atoms with Gasteiger partial charge in [0.2, 0.25) is 0 Å². The summed E-state index contributed by atoms with van der Waals surface area (Å²) in [6.45, 7) is 1.89. The van der Waals surface area contributed by atoms with E-state index in [4.69, 9.17) is 0 Å². The lowest BCUT2D eigenvalue weighted by Crippen LogP contribution is -2.01. The summed E-state index contributed by atoms with van der Waals surface area (Å²) >= 11 is 3.31. The Labute approximate surface area is 95.1 Å². The van der Waals surface area contributed by atoms with Gasteiger partial charge in [0.25, 0.3) is 0 Å². The minimum absolute atomic E-state index is 0.572. The van der Waals surface area contributed by atoms with E-state index in [0.29, 0.717) is 5.56 Å². The van der Waals surface area contributed by atoms with Crippen molar-refractivity contribution in [1.29, 1.82) is 0 Å². The summed E-state index contributed by atoms with van der Waals surface area (Å²) in [5.74, 6) is 0.728. The molecule has 2 heterocycles. The highest BCUT2D eigenvalue weighted by molar-refractivity contribution is 9.10. The summed E-state index contributed by atoms with van der Waals surface area (Å²) < 4.78 is 2.55. The largest absolute Gasteiger partial charge is 0.298 e.